The zero-order valence-electron chi connectivity index (χ0n) is 7.47. The van der Waals surface area contributed by atoms with E-state index in [0.29, 0.717) is 0 Å². The molecule has 1 N–H and O–H groups in total. The number of hydrogen-bond donors (Lipinski definition) is 1. The molecular weight excluding hydrogens is 140 g/mol. The number of ether oxygens (including phenoxy) is 1. The fourth-order valence-corrected chi connectivity index (χ4v) is 1.79. The van der Waals surface area contributed by atoms with Crippen LogP contribution in [0.2, 0.25) is 0 Å². The third kappa shape index (κ3) is 1.57. The molecule has 1 aliphatic rings. The maximum absolute atomic E-state index is 9.63. The van der Waals surface area contributed by atoms with Gasteiger partial charge in [0.1, 0.15) is 0 Å². The van der Waals surface area contributed by atoms with Gasteiger partial charge >= 0.3 is 0 Å². The van der Waals surface area contributed by atoms with Crippen LogP contribution in [0.25, 0.3) is 0 Å². The minimum Gasteiger partial charge on any atom is -0.390 e. The summed E-state index contributed by atoms with van der Waals surface area (Å²) >= 11 is 0. The van der Waals surface area contributed by atoms with Gasteiger partial charge in [-0.3, -0.25) is 0 Å². The van der Waals surface area contributed by atoms with Gasteiger partial charge in [0, 0.05) is 6.42 Å². The van der Waals surface area contributed by atoms with Crippen molar-refractivity contribution in [1.29, 1.82) is 0 Å². The Hall–Kier alpha value is -0.0800. The van der Waals surface area contributed by atoms with Gasteiger partial charge in [-0.1, -0.05) is 20.3 Å². The third-order valence-electron chi connectivity index (χ3n) is 2.58. The molecular formula is C9H18O2. The summed E-state index contributed by atoms with van der Waals surface area (Å²) in [6.45, 7) is 4.96. The molecule has 2 atom stereocenters. The van der Waals surface area contributed by atoms with Crippen molar-refractivity contribution in [1.82, 2.24) is 0 Å². The van der Waals surface area contributed by atoms with E-state index in [1.807, 2.05) is 6.92 Å². The SMILES string of the molecule is CCCC1(C(O)CC)CCO1. The van der Waals surface area contributed by atoms with Crippen molar-refractivity contribution >= 4 is 0 Å². The van der Waals surface area contributed by atoms with E-state index in [-0.39, 0.29) is 11.7 Å². The second-order valence-electron chi connectivity index (χ2n) is 3.34. The normalized spacial score (nSPS) is 33.0. The van der Waals surface area contributed by atoms with Crippen LogP contribution >= 0.6 is 0 Å². The topological polar surface area (TPSA) is 29.5 Å². The standard InChI is InChI=1S/C9H18O2/c1-3-5-9(6-7-11-9)8(10)4-2/h8,10H,3-7H2,1-2H3. The lowest BCUT2D eigenvalue weighted by Gasteiger charge is -2.45. The largest absolute Gasteiger partial charge is 0.390 e. The van der Waals surface area contributed by atoms with Crippen LogP contribution < -0.4 is 0 Å². The van der Waals surface area contributed by atoms with E-state index in [4.69, 9.17) is 4.74 Å². The first kappa shape index (κ1) is 9.01. The van der Waals surface area contributed by atoms with Crippen LogP contribution in [0.15, 0.2) is 0 Å². The zero-order chi connectivity index (χ0) is 8.32. The molecule has 1 heterocycles. The fourth-order valence-electron chi connectivity index (χ4n) is 1.79. The lowest BCUT2D eigenvalue weighted by Crippen LogP contribution is -2.52. The summed E-state index contributed by atoms with van der Waals surface area (Å²) < 4.78 is 5.46. The minimum atomic E-state index is -0.254. The minimum absolute atomic E-state index is 0.163. The molecule has 0 aromatic carbocycles. The average Bonchev–Trinajstić information content (AvgIpc) is 1.95. The number of rotatable bonds is 4. The van der Waals surface area contributed by atoms with Gasteiger partial charge in [0.05, 0.1) is 18.3 Å². The highest BCUT2D eigenvalue weighted by molar-refractivity contribution is 4.93. The Balaban J connectivity index is 2.45. The van der Waals surface area contributed by atoms with Crippen LogP contribution in [0.1, 0.15) is 39.5 Å². The summed E-state index contributed by atoms with van der Waals surface area (Å²) in [5.41, 5.74) is -0.163. The molecule has 2 nitrogen and oxygen atoms in total. The van der Waals surface area contributed by atoms with E-state index in [1.54, 1.807) is 0 Å². The van der Waals surface area contributed by atoms with Gasteiger partial charge in [-0.25, -0.2) is 0 Å². The van der Waals surface area contributed by atoms with Crippen molar-refractivity contribution in [3.63, 3.8) is 0 Å². The monoisotopic (exact) mass is 158 g/mol. The van der Waals surface area contributed by atoms with Crippen molar-refractivity contribution in [3.8, 4) is 0 Å². The van der Waals surface area contributed by atoms with Crippen LogP contribution in [-0.4, -0.2) is 23.4 Å². The maximum atomic E-state index is 9.63. The summed E-state index contributed by atoms with van der Waals surface area (Å²) in [6, 6.07) is 0. The predicted molar refractivity (Wildman–Crippen MR) is 44.5 cm³/mol. The van der Waals surface area contributed by atoms with Gasteiger partial charge in [-0.15, -0.1) is 0 Å². The van der Waals surface area contributed by atoms with E-state index < -0.39 is 0 Å². The summed E-state index contributed by atoms with van der Waals surface area (Å²) in [5.74, 6) is 0. The Labute approximate surface area is 68.6 Å². The lowest BCUT2D eigenvalue weighted by molar-refractivity contribution is -0.208. The Morgan fingerprint density at radius 3 is 2.45 bits per heavy atom. The van der Waals surface area contributed by atoms with Gasteiger partial charge in [0.2, 0.25) is 0 Å². The molecule has 2 unspecified atom stereocenters. The zero-order valence-corrected chi connectivity index (χ0v) is 7.47. The maximum Gasteiger partial charge on any atom is 0.0961 e. The van der Waals surface area contributed by atoms with E-state index in [1.165, 1.54) is 0 Å². The fraction of sp³-hybridized carbons (Fsp3) is 1.00. The van der Waals surface area contributed by atoms with Gasteiger partial charge in [-0.05, 0) is 12.8 Å². The van der Waals surface area contributed by atoms with Gasteiger partial charge in [-0.2, -0.15) is 0 Å². The van der Waals surface area contributed by atoms with Crippen molar-refractivity contribution in [2.75, 3.05) is 6.61 Å². The van der Waals surface area contributed by atoms with Crippen LogP contribution in [-0.2, 0) is 4.74 Å². The van der Waals surface area contributed by atoms with E-state index in [2.05, 4.69) is 6.92 Å². The molecule has 0 radical (unpaired) electrons. The molecule has 0 amide bonds. The molecule has 2 heteroatoms. The Morgan fingerprint density at radius 1 is 1.55 bits per heavy atom. The molecule has 0 aliphatic carbocycles. The van der Waals surface area contributed by atoms with Crippen molar-refractivity contribution in [3.05, 3.63) is 0 Å². The lowest BCUT2D eigenvalue weighted by atomic mass is 9.83. The second kappa shape index (κ2) is 3.55. The van der Waals surface area contributed by atoms with Crippen molar-refractivity contribution in [2.24, 2.45) is 0 Å². The highest BCUT2D eigenvalue weighted by Gasteiger charge is 2.43. The smallest absolute Gasteiger partial charge is 0.0961 e. The van der Waals surface area contributed by atoms with Crippen LogP contribution in [0, 0.1) is 0 Å². The quantitative estimate of drug-likeness (QED) is 0.675. The summed E-state index contributed by atoms with van der Waals surface area (Å²) in [4.78, 5) is 0. The Kier molecular flexibility index (Phi) is 2.90. The Bertz CT molecular complexity index is 119. The first-order valence-electron chi connectivity index (χ1n) is 4.57. The molecule has 1 rings (SSSR count). The highest BCUT2D eigenvalue weighted by atomic mass is 16.5. The summed E-state index contributed by atoms with van der Waals surface area (Å²) in [5, 5.41) is 9.63. The molecule has 1 fully saturated rings. The molecule has 0 spiro atoms. The molecule has 66 valence electrons. The van der Waals surface area contributed by atoms with Gasteiger partial charge in [0.15, 0.2) is 0 Å². The number of aliphatic hydroxyl groups excluding tert-OH is 1. The van der Waals surface area contributed by atoms with E-state index >= 15 is 0 Å². The first-order valence-corrected chi connectivity index (χ1v) is 4.57. The predicted octanol–water partition coefficient (Wildman–Crippen LogP) is 1.72. The van der Waals surface area contributed by atoms with Crippen LogP contribution in [0.4, 0.5) is 0 Å². The molecule has 0 bridgehead atoms. The van der Waals surface area contributed by atoms with Crippen LogP contribution in [0.5, 0.6) is 0 Å². The third-order valence-corrected chi connectivity index (χ3v) is 2.58. The molecule has 1 aliphatic heterocycles. The molecule has 1 saturated heterocycles. The number of aliphatic hydroxyl groups is 1. The second-order valence-corrected chi connectivity index (χ2v) is 3.34. The molecule has 0 saturated carbocycles. The van der Waals surface area contributed by atoms with E-state index in [9.17, 15) is 5.11 Å². The molecule has 0 aromatic rings. The average molecular weight is 158 g/mol. The Morgan fingerprint density at radius 2 is 2.18 bits per heavy atom. The summed E-state index contributed by atoms with van der Waals surface area (Å²) in [7, 11) is 0. The summed E-state index contributed by atoms with van der Waals surface area (Å²) in [6.07, 6.45) is 3.69. The first-order chi connectivity index (χ1) is 5.25. The van der Waals surface area contributed by atoms with Crippen molar-refractivity contribution in [2.45, 2.75) is 51.2 Å². The van der Waals surface area contributed by atoms with Crippen molar-refractivity contribution < 1.29 is 9.84 Å². The number of hydrogen-bond acceptors (Lipinski definition) is 2. The van der Waals surface area contributed by atoms with E-state index in [0.717, 1.165) is 32.3 Å². The van der Waals surface area contributed by atoms with Gasteiger partial charge in [0.25, 0.3) is 0 Å². The van der Waals surface area contributed by atoms with Crippen LogP contribution in [0.3, 0.4) is 0 Å². The molecule has 0 aromatic heterocycles. The molecule has 11 heavy (non-hydrogen) atoms. The highest BCUT2D eigenvalue weighted by Crippen LogP contribution is 2.35. The van der Waals surface area contributed by atoms with Gasteiger partial charge < -0.3 is 9.84 Å².